The van der Waals surface area contributed by atoms with E-state index in [9.17, 15) is 0 Å². The lowest BCUT2D eigenvalue weighted by Crippen LogP contribution is -2.00. The number of hydrogen-bond acceptors (Lipinski definition) is 4. The third-order valence-corrected chi connectivity index (χ3v) is 3.45. The summed E-state index contributed by atoms with van der Waals surface area (Å²) in [6.45, 7) is 0.560. The third kappa shape index (κ3) is 3.23. The summed E-state index contributed by atoms with van der Waals surface area (Å²) in [5.41, 5.74) is 2.36. The average molecular weight is 306 g/mol. The Hall–Kier alpha value is -2.32. The summed E-state index contributed by atoms with van der Waals surface area (Å²) >= 11 is 6.21. The first kappa shape index (κ1) is 15.1. The normalized spacial score (nSPS) is 10.0. The highest BCUT2D eigenvalue weighted by Gasteiger charge is 2.10. The molecule has 1 aromatic heterocycles. The van der Waals surface area contributed by atoms with Crippen LogP contribution in [0.3, 0.4) is 0 Å². The Morgan fingerprint density at radius 2 is 1.90 bits per heavy atom. The number of anilines is 1. The predicted octanol–water partition coefficient (Wildman–Crippen LogP) is 3.18. The van der Waals surface area contributed by atoms with Crippen LogP contribution in [0.4, 0.5) is 5.69 Å². The molecule has 0 aliphatic rings. The van der Waals surface area contributed by atoms with Gasteiger partial charge in [-0.15, -0.1) is 0 Å². The zero-order valence-electron chi connectivity index (χ0n) is 12.1. The molecule has 21 heavy (non-hydrogen) atoms. The molecule has 0 fully saturated rings. The Morgan fingerprint density at radius 1 is 1.24 bits per heavy atom. The molecule has 0 radical (unpaired) electrons. The number of rotatable bonds is 5. The zero-order valence-corrected chi connectivity index (χ0v) is 12.9. The van der Waals surface area contributed by atoms with E-state index in [-0.39, 0.29) is 0 Å². The van der Waals surface area contributed by atoms with Gasteiger partial charge in [-0.3, -0.25) is 0 Å². The second-order valence-corrected chi connectivity index (χ2v) is 4.90. The molecular weight excluding hydrogens is 290 g/mol. The smallest absolute Gasteiger partial charge is 0.162 e. The van der Waals surface area contributed by atoms with Gasteiger partial charge in [0, 0.05) is 31.9 Å². The summed E-state index contributed by atoms with van der Waals surface area (Å²) in [4.78, 5) is 0. The first-order chi connectivity index (χ1) is 10.1. The Bertz CT molecular complexity index is 689. The van der Waals surface area contributed by atoms with Crippen LogP contribution < -0.4 is 14.8 Å². The van der Waals surface area contributed by atoms with Gasteiger partial charge in [0.2, 0.25) is 0 Å². The second kappa shape index (κ2) is 6.42. The molecule has 6 heteroatoms. The molecule has 0 amide bonds. The molecule has 2 aromatic rings. The maximum atomic E-state index is 8.94. The predicted molar refractivity (Wildman–Crippen MR) is 82.0 cm³/mol. The fourth-order valence-corrected chi connectivity index (χ4v) is 2.25. The molecule has 1 N–H and O–H groups in total. The van der Waals surface area contributed by atoms with Gasteiger partial charge in [0.05, 0.1) is 24.9 Å². The molecule has 2 rings (SSSR count). The van der Waals surface area contributed by atoms with Crippen molar-refractivity contribution in [3.63, 3.8) is 0 Å². The third-order valence-electron chi connectivity index (χ3n) is 3.13. The van der Waals surface area contributed by atoms with Crippen LogP contribution in [0.1, 0.15) is 11.3 Å². The number of nitrogens with zero attached hydrogens (tertiary/aromatic N) is 2. The Morgan fingerprint density at radius 3 is 2.48 bits per heavy atom. The van der Waals surface area contributed by atoms with Gasteiger partial charge in [0.25, 0.3) is 0 Å². The van der Waals surface area contributed by atoms with Crippen LogP contribution in [0.15, 0.2) is 24.4 Å². The number of ether oxygens (including phenoxy) is 2. The first-order valence-electron chi connectivity index (χ1n) is 6.29. The van der Waals surface area contributed by atoms with Gasteiger partial charge in [-0.05, 0) is 11.6 Å². The molecule has 0 unspecified atom stereocenters. The van der Waals surface area contributed by atoms with Crippen molar-refractivity contribution < 1.29 is 9.47 Å². The highest BCUT2D eigenvalue weighted by atomic mass is 35.5. The summed E-state index contributed by atoms with van der Waals surface area (Å²) in [7, 11) is 4.98. The summed E-state index contributed by atoms with van der Waals surface area (Å²) in [6.07, 6.45) is 1.90. The summed E-state index contributed by atoms with van der Waals surface area (Å²) in [5, 5.41) is 12.7. The van der Waals surface area contributed by atoms with E-state index in [1.54, 1.807) is 30.9 Å². The number of halogens is 1. The van der Waals surface area contributed by atoms with Gasteiger partial charge in [-0.25, -0.2) is 0 Å². The summed E-state index contributed by atoms with van der Waals surface area (Å²) in [6, 6.07) is 7.46. The zero-order chi connectivity index (χ0) is 15.4. The van der Waals surface area contributed by atoms with E-state index >= 15 is 0 Å². The molecule has 0 aliphatic carbocycles. The fourth-order valence-electron chi connectivity index (χ4n) is 2.03. The first-order valence-corrected chi connectivity index (χ1v) is 6.67. The average Bonchev–Trinajstić information content (AvgIpc) is 2.85. The minimum Gasteiger partial charge on any atom is -0.493 e. The lowest BCUT2D eigenvalue weighted by Gasteiger charge is -2.13. The van der Waals surface area contributed by atoms with Gasteiger partial charge in [0.1, 0.15) is 11.8 Å². The number of nitrogens with one attached hydrogen (secondary N) is 1. The SMILES string of the molecule is COc1cc(Cl)c(NCc2cc(C#N)n(C)c2)cc1OC. The molecular formula is C15H16ClN3O2. The van der Waals surface area contributed by atoms with Crippen molar-refractivity contribution in [3.05, 3.63) is 40.7 Å². The van der Waals surface area contributed by atoms with E-state index in [1.165, 1.54) is 0 Å². The van der Waals surface area contributed by atoms with Crippen molar-refractivity contribution >= 4 is 17.3 Å². The fraction of sp³-hybridized carbons (Fsp3) is 0.267. The number of aryl methyl sites for hydroxylation is 1. The van der Waals surface area contributed by atoms with Gasteiger partial charge >= 0.3 is 0 Å². The monoisotopic (exact) mass is 305 g/mol. The Kier molecular flexibility index (Phi) is 4.61. The molecule has 110 valence electrons. The molecule has 0 bridgehead atoms. The highest BCUT2D eigenvalue weighted by Crippen LogP contribution is 2.36. The van der Waals surface area contributed by atoms with Crippen LogP contribution in [0.25, 0.3) is 0 Å². The Balaban J connectivity index is 2.18. The molecule has 0 saturated heterocycles. The van der Waals surface area contributed by atoms with E-state index in [0.717, 1.165) is 11.3 Å². The molecule has 0 aliphatic heterocycles. The number of methoxy groups -OCH3 is 2. The van der Waals surface area contributed by atoms with Crippen molar-refractivity contribution in [2.45, 2.75) is 6.54 Å². The van der Waals surface area contributed by atoms with Crippen LogP contribution in [0.5, 0.6) is 11.5 Å². The maximum Gasteiger partial charge on any atom is 0.162 e. The largest absolute Gasteiger partial charge is 0.493 e. The van der Waals surface area contributed by atoms with Crippen molar-refractivity contribution in [1.29, 1.82) is 5.26 Å². The van der Waals surface area contributed by atoms with Crippen molar-refractivity contribution in [3.8, 4) is 17.6 Å². The van der Waals surface area contributed by atoms with Crippen LogP contribution in [0, 0.1) is 11.3 Å². The van der Waals surface area contributed by atoms with Gasteiger partial charge < -0.3 is 19.4 Å². The molecule has 5 nitrogen and oxygen atoms in total. The maximum absolute atomic E-state index is 8.94. The Labute approximate surface area is 128 Å². The van der Waals surface area contributed by atoms with Crippen molar-refractivity contribution in [2.75, 3.05) is 19.5 Å². The van der Waals surface area contributed by atoms with Crippen LogP contribution in [-0.4, -0.2) is 18.8 Å². The standard InChI is InChI=1S/C15H16ClN3O2/c1-19-9-10(4-11(19)7-17)8-18-13-6-15(21-3)14(20-2)5-12(13)16/h4-6,9,18H,8H2,1-3H3. The molecule has 0 atom stereocenters. The number of hydrogen-bond donors (Lipinski definition) is 1. The summed E-state index contributed by atoms with van der Waals surface area (Å²) in [5.74, 6) is 1.19. The van der Waals surface area contributed by atoms with E-state index in [4.69, 9.17) is 26.3 Å². The minimum atomic E-state index is 0.545. The van der Waals surface area contributed by atoms with E-state index in [0.29, 0.717) is 28.8 Å². The number of benzene rings is 1. The number of nitriles is 1. The van der Waals surface area contributed by atoms with Gasteiger partial charge in [-0.2, -0.15) is 5.26 Å². The molecule has 0 saturated carbocycles. The number of aromatic nitrogens is 1. The lowest BCUT2D eigenvalue weighted by molar-refractivity contribution is 0.355. The van der Waals surface area contributed by atoms with Crippen molar-refractivity contribution in [2.24, 2.45) is 7.05 Å². The molecule has 1 heterocycles. The quantitative estimate of drug-likeness (QED) is 0.921. The topological polar surface area (TPSA) is 59.2 Å². The molecule has 1 aromatic carbocycles. The second-order valence-electron chi connectivity index (χ2n) is 4.50. The summed E-state index contributed by atoms with van der Waals surface area (Å²) < 4.78 is 12.2. The lowest BCUT2D eigenvalue weighted by atomic mass is 10.2. The van der Waals surface area contributed by atoms with E-state index < -0.39 is 0 Å². The van der Waals surface area contributed by atoms with E-state index in [1.807, 2.05) is 19.3 Å². The van der Waals surface area contributed by atoms with E-state index in [2.05, 4.69) is 11.4 Å². The van der Waals surface area contributed by atoms with Gasteiger partial charge in [-0.1, -0.05) is 11.6 Å². The molecule has 0 spiro atoms. The highest BCUT2D eigenvalue weighted by molar-refractivity contribution is 6.33. The minimum absolute atomic E-state index is 0.545. The van der Waals surface area contributed by atoms with Crippen molar-refractivity contribution in [1.82, 2.24) is 4.57 Å². The van der Waals surface area contributed by atoms with Crippen LogP contribution in [0.2, 0.25) is 5.02 Å². The van der Waals surface area contributed by atoms with Gasteiger partial charge in [0.15, 0.2) is 11.5 Å². The van der Waals surface area contributed by atoms with Crippen LogP contribution >= 0.6 is 11.6 Å². The van der Waals surface area contributed by atoms with Crippen LogP contribution in [-0.2, 0) is 13.6 Å².